The first-order valence-electron chi connectivity index (χ1n) is 11.8. The van der Waals surface area contributed by atoms with Gasteiger partial charge in [-0.05, 0) is 75.3 Å². The molecule has 12 heteroatoms. The van der Waals surface area contributed by atoms with Crippen molar-refractivity contribution in [3.63, 3.8) is 0 Å². The topological polar surface area (TPSA) is 128 Å². The van der Waals surface area contributed by atoms with Gasteiger partial charge >= 0.3 is 12.1 Å². The largest absolute Gasteiger partial charge is 0.479 e. The number of nitrogens with zero attached hydrogens (tertiary/aromatic N) is 3. The third-order valence-corrected chi connectivity index (χ3v) is 5.92. The lowest BCUT2D eigenvalue weighted by Crippen LogP contribution is -2.24. The number of ether oxygens (including phenoxy) is 2. The number of primary amides is 1. The number of aromatic nitrogens is 2. The number of likely N-dealkylation sites (tertiary alicyclic amines) is 1. The maximum atomic E-state index is 13.3. The molecule has 3 N–H and O–H groups in total. The summed E-state index contributed by atoms with van der Waals surface area (Å²) in [6, 6.07) is 10.9. The van der Waals surface area contributed by atoms with Gasteiger partial charge < -0.3 is 20.3 Å². The summed E-state index contributed by atoms with van der Waals surface area (Å²) in [5, 5.41) is 9.08. The number of aliphatic carboxylic acids is 1. The molecular weight excluding hydrogens is 505 g/mol. The predicted octanol–water partition coefficient (Wildman–Crippen LogP) is 4.50. The third kappa shape index (κ3) is 6.57. The van der Waals surface area contributed by atoms with Gasteiger partial charge in [-0.1, -0.05) is 0 Å². The van der Waals surface area contributed by atoms with E-state index >= 15 is 0 Å². The number of alkyl halides is 3. The Morgan fingerprint density at radius 3 is 2.37 bits per heavy atom. The summed E-state index contributed by atoms with van der Waals surface area (Å²) in [4.78, 5) is 33.2. The summed E-state index contributed by atoms with van der Waals surface area (Å²) in [6.45, 7) is 3.26. The Bertz CT molecular complexity index is 1330. The fraction of sp³-hybridized carbons (Fsp3) is 0.308. The summed E-state index contributed by atoms with van der Waals surface area (Å²) >= 11 is 0. The van der Waals surface area contributed by atoms with E-state index in [4.69, 9.17) is 20.3 Å². The Hall–Kier alpha value is -4.19. The van der Waals surface area contributed by atoms with Crippen molar-refractivity contribution in [2.45, 2.75) is 38.6 Å². The maximum Gasteiger partial charge on any atom is 0.416 e. The second-order valence-electron chi connectivity index (χ2n) is 8.81. The number of carboxylic acids is 1. The van der Waals surface area contributed by atoms with E-state index in [0.29, 0.717) is 29.2 Å². The zero-order valence-electron chi connectivity index (χ0n) is 20.4. The summed E-state index contributed by atoms with van der Waals surface area (Å²) in [5.41, 5.74) is 5.31. The lowest BCUT2D eigenvalue weighted by atomic mass is 10.1. The Morgan fingerprint density at radius 2 is 1.76 bits per heavy atom. The highest BCUT2D eigenvalue weighted by Gasteiger charge is 2.31. The number of hydrogen-bond donors (Lipinski definition) is 2. The van der Waals surface area contributed by atoms with E-state index in [-0.39, 0.29) is 17.4 Å². The molecule has 3 aromatic rings. The molecule has 4 rings (SSSR count). The van der Waals surface area contributed by atoms with Gasteiger partial charge in [-0.3, -0.25) is 9.69 Å². The van der Waals surface area contributed by atoms with Crippen LogP contribution < -0.4 is 15.2 Å². The average molecular weight is 531 g/mol. The van der Waals surface area contributed by atoms with Crippen LogP contribution in [0, 0.1) is 0 Å². The molecular formula is C26H25F3N4O5. The molecule has 9 nitrogen and oxygen atoms in total. The second kappa shape index (κ2) is 11.1. The van der Waals surface area contributed by atoms with Gasteiger partial charge in [-0.2, -0.15) is 18.2 Å². The monoisotopic (exact) mass is 530 g/mol. The smallest absolute Gasteiger partial charge is 0.416 e. The van der Waals surface area contributed by atoms with Crippen LogP contribution in [0.25, 0.3) is 11.4 Å². The van der Waals surface area contributed by atoms with E-state index in [0.717, 1.165) is 44.1 Å². The molecule has 1 atom stereocenters. The van der Waals surface area contributed by atoms with Gasteiger partial charge in [0.05, 0.1) is 5.56 Å². The summed E-state index contributed by atoms with van der Waals surface area (Å²) < 4.78 is 51.2. The van der Waals surface area contributed by atoms with Crippen molar-refractivity contribution in [1.82, 2.24) is 14.9 Å². The molecule has 0 spiro atoms. The normalized spacial score (nSPS) is 14.7. The lowest BCUT2D eigenvalue weighted by Gasteiger charge is -2.19. The highest BCUT2D eigenvalue weighted by Crippen LogP contribution is 2.35. The highest BCUT2D eigenvalue weighted by molar-refractivity contribution is 5.91. The van der Waals surface area contributed by atoms with Crippen LogP contribution in [0.3, 0.4) is 0 Å². The minimum absolute atomic E-state index is 0.0599. The van der Waals surface area contributed by atoms with E-state index in [1.807, 2.05) is 0 Å². The molecule has 0 unspecified atom stereocenters. The Kier molecular flexibility index (Phi) is 7.81. The van der Waals surface area contributed by atoms with Crippen LogP contribution in [-0.4, -0.2) is 51.0 Å². The van der Waals surface area contributed by atoms with Gasteiger partial charge in [0.2, 0.25) is 5.88 Å². The standard InChI is InChI=1S/C26H25F3N4O5/c1-15(25(35)36)37-22-13-20(23(30)34)31-24(32-22)16-4-7-19(8-5-16)38-21-9-6-18(26(27,28)29)12-17(21)14-33-10-2-3-11-33/h4-9,12-13,15H,2-3,10-11,14H2,1H3,(H2,30,34)(H,35,36)/t15-/m0/s1. The van der Waals surface area contributed by atoms with Gasteiger partial charge in [0.25, 0.3) is 5.91 Å². The van der Waals surface area contributed by atoms with Crippen molar-refractivity contribution >= 4 is 11.9 Å². The van der Waals surface area contributed by atoms with E-state index in [2.05, 4.69) is 14.9 Å². The minimum Gasteiger partial charge on any atom is -0.479 e. The molecule has 0 radical (unpaired) electrons. The molecule has 38 heavy (non-hydrogen) atoms. The Morgan fingerprint density at radius 1 is 1.08 bits per heavy atom. The van der Waals surface area contributed by atoms with Crippen LogP contribution >= 0.6 is 0 Å². The van der Waals surface area contributed by atoms with Gasteiger partial charge in [0, 0.05) is 23.7 Å². The van der Waals surface area contributed by atoms with Gasteiger partial charge in [-0.25, -0.2) is 9.78 Å². The van der Waals surface area contributed by atoms with E-state index in [9.17, 15) is 22.8 Å². The fourth-order valence-corrected chi connectivity index (χ4v) is 3.93. The van der Waals surface area contributed by atoms with Crippen molar-refractivity contribution in [3.8, 4) is 28.8 Å². The van der Waals surface area contributed by atoms with Crippen molar-refractivity contribution in [2.75, 3.05) is 13.1 Å². The molecule has 1 aromatic heterocycles. The fourth-order valence-electron chi connectivity index (χ4n) is 3.93. The van der Waals surface area contributed by atoms with E-state index in [1.165, 1.54) is 13.0 Å². The zero-order valence-corrected chi connectivity index (χ0v) is 20.4. The number of carbonyl (C=O) groups is 2. The quantitative estimate of drug-likeness (QED) is 0.414. The summed E-state index contributed by atoms with van der Waals surface area (Å²) in [5.74, 6) is -1.49. The molecule has 200 valence electrons. The van der Waals surface area contributed by atoms with Crippen LogP contribution in [-0.2, 0) is 17.5 Å². The van der Waals surface area contributed by atoms with Crippen LogP contribution in [0.15, 0.2) is 48.5 Å². The predicted molar refractivity (Wildman–Crippen MR) is 130 cm³/mol. The van der Waals surface area contributed by atoms with Crippen LogP contribution in [0.5, 0.6) is 17.4 Å². The maximum absolute atomic E-state index is 13.3. The summed E-state index contributed by atoms with van der Waals surface area (Å²) in [7, 11) is 0. The molecule has 2 heterocycles. The number of amides is 1. The number of hydrogen-bond acceptors (Lipinski definition) is 7. The van der Waals surface area contributed by atoms with E-state index in [1.54, 1.807) is 24.3 Å². The van der Waals surface area contributed by atoms with Crippen molar-refractivity contribution in [2.24, 2.45) is 5.73 Å². The molecule has 1 aliphatic heterocycles. The van der Waals surface area contributed by atoms with Crippen LogP contribution in [0.4, 0.5) is 13.2 Å². The average Bonchev–Trinajstić information content (AvgIpc) is 3.37. The SMILES string of the molecule is C[C@H](Oc1cc(C(N)=O)nc(-c2ccc(Oc3ccc(C(F)(F)F)cc3CN3CCCC3)cc2)n1)C(=O)O. The molecule has 1 amide bonds. The number of nitrogens with two attached hydrogens (primary N) is 1. The number of rotatable bonds is 9. The minimum atomic E-state index is -4.47. The number of halogens is 3. The molecule has 0 bridgehead atoms. The lowest BCUT2D eigenvalue weighted by molar-refractivity contribution is -0.144. The first-order valence-corrected chi connectivity index (χ1v) is 11.8. The highest BCUT2D eigenvalue weighted by atomic mass is 19.4. The molecule has 1 saturated heterocycles. The van der Waals surface area contributed by atoms with Gasteiger partial charge in [0.1, 0.15) is 17.2 Å². The summed E-state index contributed by atoms with van der Waals surface area (Å²) in [6.07, 6.45) is -3.70. The van der Waals surface area contributed by atoms with Crippen LogP contribution in [0.2, 0.25) is 0 Å². The third-order valence-electron chi connectivity index (χ3n) is 5.92. The number of benzene rings is 2. The van der Waals surface area contributed by atoms with Crippen LogP contribution in [0.1, 0.15) is 41.4 Å². The molecule has 1 fully saturated rings. The first-order chi connectivity index (χ1) is 18.0. The Labute approximate surface area is 216 Å². The van der Waals surface area contributed by atoms with Crippen molar-refractivity contribution in [3.05, 3.63) is 65.4 Å². The zero-order chi connectivity index (χ0) is 27.4. The van der Waals surface area contributed by atoms with E-state index < -0.39 is 29.7 Å². The number of carboxylic acid groups (broad SMARTS) is 1. The molecule has 0 aliphatic carbocycles. The van der Waals surface area contributed by atoms with Crippen molar-refractivity contribution < 1.29 is 37.3 Å². The molecule has 1 aliphatic rings. The number of carbonyl (C=O) groups excluding carboxylic acids is 1. The molecule has 0 saturated carbocycles. The van der Waals surface area contributed by atoms with Gasteiger partial charge in [-0.15, -0.1) is 0 Å². The van der Waals surface area contributed by atoms with Crippen molar-refractivity contribution in [1.29, 1.82) is 0 Å². The Balaban J connectivity index is 1.59. The molecule has 2 aromatic carbocycles. The first kappa shape index (κ1) is 26.9. The van der Waals surface area contributed by atoms with Gasteiger partial charge in [0.15, 0.2) is 11.9 Å². The second-order valence-corrected chi connectivity index (χ2v) is 8.81.